The van der Waals surface area contributed by atoms with E-state index in [2.05, 4.69) is 39.7 Å². The maximum absolute atomic E-state index is 5.17. The summed E-state index contributed by atoms with van der Waals surface area (Å²) in [6.45, 7) is 3.69. The number of unbranched alkanes of at least 4 members (excludes halogenated alkanes) is 1. The number of aryl methyl sites for hydroxylation is 2. The van der Waals surface area contributed by atoms with E-state index >= 15 is 0 Å². The molecule has 0 amide bonds. The number of nitrogens with zero attached hydrogens (tertiary/aromatic N) is 2. The van der Waals surface area contributed by atoms with Crippen molar-refractivity contribution in [2.24, 2.45) is 4.99 Å². The molecule has 0 fully saturated rings. The van der Waals surface area contributed by atoms with Gasteiger partial charge in [0.2, 0.25) is 0 Å². The molecule has 1 aromatic carbocycles. The van der Waals surface area contributed by atoms with E-state index in [-0.39, 0.29) is 0 Å². The Hall–Kier alpha value is -2.08. The third-order valence-electron chi connectivity index (χ3n) is 3.64. The number of methoxy groups -OCH3 is 1. The van der Waals surface area contributed by atoms with E-state index < -0.39 is 0 Å². The highest BCUT2D eigenvalue weighted by Crippen LogP contribution is 2.13. The molecule has 1 heterocycles. The van der Waals surface area contributed by atoms with E-state index in [0.717, 1.165) is 42.5 Å². The van der Waals surface area contributed by atoms with Gasteiger partial charge in [-0.2, -0.15) is 0 Å². The summed E-state index contributed by atoms with van der Waals surface area (Å²) in [7, 11) is 3.48. The Bertz CT molecular complexity index is 637. The highest BCUT2D eigenvalue weighted by atomic mass is 32.1. The molecule has 5 nitrogen and oxygen atoms in total. The molecule has 2 N–H and O–H groups in total. The molecule has 0 saturated heterocycles. The molecule has 0 aliphatic heterocycles. The summed E-state index contributed by atoms with van der Waals surface area (Å²) in [5.74, 6) is 1.73. The normalized spacial score (nSPS) is 11.4. The fourth-order valence-electron chi connectivity index (χ4n) is 2.32. The molecule has 0 unspecified atom stereocenters. The monoisotopic (exact) mass is 346 g/mol. The van der Waals surface area contributed by atoms with Gasteiger partial charge < -0.3 is 15.4 Å². The molecule has 2 rings (SSSR count). The average Bonchev–Trinajstić information content (AvgIpc) is 3.03. The summed E-state index contributed by atoms with van der Waals surface area (Å²) in [4.78, 5) is 9.81. The minimum atomic E-state index is 0.712. The Morgan fingerprint density at radius 1 is 1.21 bits per heavy atom. The van der Waals surface area contributed by atoms with Crippen molar-refractivity contribution >= 4 is 17.3 Å². The van der Waals surface area contributed by atoms with E-state index in [4.69, 9.17) is 4.74 Å². The van der Waals surface area contributed by atoms with Gasteiger partial charge in [0.25, 0.3) is 0 Å². The number of hydrogen-bond donors (Lipinski definition) is 2. The van der Waals surface area contributed by atoms with Crippen LogP contribution in [0.2, 0.25) is 0 Å². The lowest BCUT2D eigenvalue weighted by atomic mass is 10.1. The van der Waals surface area contributed by atoms with Crippen molar-refractivity contribution in [2.45, 2.75) is 32.7 Å². The molecule has 0 saturated carbocycles. The van der Waals surface area contributed by atoms with Crippen molar-refractivity contribution < 1.29 is 4.74 Å². The van der Waals surface area contributed by atoms with Gasteiger partial charge >= 0.3 is 0 Å². The van der Waals surface area contributed by atoms with Crippen molar-refractivity contribution in [2.75, 3.05) is 20.7 Å². The highest BCUT2D eigenvalue weighted by molar-refractivity contribution is 7.11. The molecule has 6 heteroatoms. The van der Waals surface area contributed by atoms with Crippen molar-refractivity contribution in [1.29, 1.82) is 0 Å². The van der Waals surface area contributed by atoms with Gasteiger partial charge in [0.05, 0.1) is 13.7 Å². The first-order chi connectivity index (χ1) is 11.7. The first-order valence-corrected chi connectivity index (χ1v) is 9.01. The largest absolute Gasteiger partial charge is 0.497 e. The van der Waals surface area contributed by atoms with Gasteiger partial charge in [-0.3, -0.25) is 4.99 Å². The molecule has 0 aliphatic rings. The van der Waals surface area contributed by atoms with Gasteiger partial charge in [0.1, 0.15) is 10.8 Å². The zero-order chi connectivity index (χ0) is 17.2. The average molecular weight is 347 g/mol. The summed E-state index contributed by atoms with van der Waals surface area (Å²) in [6.07, 6.45) is 5.22. The minimum Gasteiger partial charge on any atom is -0.497 e. The lowest BCUT2D eigenvalue weighted by Gasteiger charge is -2.10. The molecule has 0 radical (unpaired) electrons. The van der Waals surface area contributed by atoms with E-state index in [1.54, 1.807) is 25.5 Å². The van der Waals surface area contributed by atoms with Crippen LogP contribution in [0.25, 0.3) is 0 Å². The second kappa shape index (κ2) is 9.93. The quantitative estimate of drug-likeness (QED) is 0.438. The Morgan fingerprint density at radius 2 is 2.00 bits per heavy atom. The summed E-state index contributed by atoms with van der Waals surface area (Å²) >= 11 is 1.71. The summed E-state index contributed by atoms with van der Waals surface area (Å²) in [6, 6.07) is 8.28. The van der Waals surface area contributed by atoms with Crippen LogP contribution in [0.15, 0.2) is 35.5 Å². The molecule has 0 spiro atoms. The van der Waals surface area contributed by atoms with Crippen molar-refractivity contribution in [1.82, 2.24) is 15.6 Å². The topological polar surface area (TPSA) is 58.5 Å². The van der Waals surface area contributed by atoms with Crippen LogP contribution in [0.5, 0.6) is 5.75 Å². The predicted octanol–water partition coefficient (Wildman–Crippen LogP) is 3.15. The predicted molar refractivity (Wildman–Crippen MR) is 101 cm³/mol. The summed E-state index contributed by atoms with van der Waals surface area (Å²) in [5.41, 5.74) is 1.34. The van der Waals surface area contributed by atoms with Crippen LogP contribution in [0, 0.1) is 6.92 Å². The van der Waals surface area contributed by atoms with Crippen LogP contribution in [-0.2, 0) is 13.0 Å². The van der Waals surface area contributed by atoms with Gasteiger partial charge in [-0.1, -0.05) is 12.1 Å². The van der Waals surface area contributed by atoms with Gasteiger partial charge in [-0.25, -0.2) is 4.98 Å². The van der Waals surface area contributed by atoms with Gasteiger partial charge in [-0.15, -0.1) is 11.3 Å². The summed E-state index contributed by atoms with van der Waals surface area (Å²) in [5, 5.41) is 7.72. The molecule has 0 bridgehead atoms. The Kier molecular flexibility index (Phi) is 7.55. The SMILES string of the molecule is CN=C(NCCCCc1ccc(OC)cc1)NCc1ncc(C)s1. The number of rotatable bonds is 8. The van der Waals surface area contributed by atoms with Crippen LogP contribution in [0.1, 0.15) is 28.3 Å². The Balaban J connectivity index is 1.61. The summed E-state index contributed by atoms with van der Waals surface area (Å²) < 4.78 is 5.17. The number of benzene rings is 1. The molecule has 0 aliphatic carbocycles. The number of thiazole rings is 1. The van der Waals surface area contributed by atoms with E-state index in [9.17, 15) is 0 Å². The van der Waals surface area contributed by atoms with Crippen LogP contribution < -0.4 is 15.4 Å². The Morgan fingerprint density at radius 3 is 2.62 bits per heavy atom. The smallest absolute Gasteiger partial charge is 0.191 e. The van der Waals surface area contributed by atoms with Gasteiger partial charge in [0.15, 0.2) is 5.96 Å². The van der Waals surface area contributed by atoms with Crippen LogP contribution in [0.3, 0.4) is 0 Å². The van der Waals surface area contributed by atoms with Crippen molar-refractivity contribution in [3.8, 4) is 5.75 Å². The molecular weight excluding hydrogens is 320 g/mol. The number of aromatic nitrogens is 1. The zero-order valence-corrected chi connectivity index (χ0v) is 15.4. The second-order valence-corrected chi connectivity index (χ2v) is 6.84. The lowest BCUT2D eigenvalue weighted by Crippen LogP contribution is -2.37. The zero-order valence-electron chi connectivity index (χ0n) is 14.6. The molecular formula is C18H26N4OS. The van der Waals surface area contributed by atoms with E-state index in [0.29, 0.717) is 6.54 Å². The lowest BCUT2D eigenvalue weighted by molar-refractivity contribution is 0.414. The van der Waals surface area contributed by atoms with E-state index in [1.807, 2.05) is 18.3 Å². The second-order valence-electron chi connectivity index (χ2n) is 5.52. The van der Waals surface area contributed by atoms with E-state index in [1.165, 1.54) is 10.4 Å². The minimum absolute atomic E-state index is 0.712. The maximum atomic E-state index is 5.17. The fraction of sp³-hybridized carbons (Fsp3) is 0.444. The third kappa shape index (κ3) is 6.20. The highest BCUT2D eigenvalue weighted by Gasteiger charge is 2.01. The Labute approximate surface area is 148 Å². The standard InChI is InChI=1S/C18H26N4OS/c1-14-12-21-17(24-14)13-22-18(19-2)20-11-5-4-6-15-7-9-16(23-3)10-8-15/h7-10,12H,4-6,11,13H2,1-3H3,(H2,19,20,22). The third-order valence-corrected chi connectivity index (χ3v) is 4.56. The molecule has 1 aromatic heterocycles. The molecule has 130 valence electrons. The number of nitrogens with one attached hydrogen (secondary N) is 2. The number of aliphatic imine (C=N–C) groups is 1. The number of guanidine groups is 1. The van der Waals surface area contributed by atoms with Gasteiger partial charge in [-0.05, 0) is 43.9 Å². The maximum Gasteiger partial charge on any atom is 0.191 e. The van der Waals surface area contributed by atoms with Gasteiger partial charge in [0, 0.05) is 24.7 Å². The molecule has 0 atom stereocenters. The molecule has 2 aromatic rings. The van der Waals surface area contributed by atoms with Crippen molar-refractivity contribution in [3.63, 3.8) is 0 Å². The first kappa shape index (κ1) is 18.3. The molecule has 24 heavy (non-hydrogen) atoms. The van der Waals surface area contributed by atoms with Crippen LogP contribution in [0.4, 0.5) is 0 Å². The van der Waals surface area contributed by atoms with Crippen LogP contribution >= 0.6 is 11.3 Å². The van der Waals surface area contributed by atoms with Crippen molar-refractivity contribution in [3.05, 3.63) is 45.9 Å². The van der Waals surface area contributed by atoms with Crippen LogP contribution in [-0.4, -0.2) is 31.6 Å². The number of hydrogen-bond acceptors (Lipinski definition) is 4. The first-order valence-electron chi connectivity index (χ1n) is 8.20. The fourth-order valence-corrected chi connectivity index (χ4v) is 3.04. The number of ether oxygens (including phenoxy) is 1.